The Morgan fingerprint density at radius 3 is 2.32 bits per heavy atom. The van der Waals surface area contributed by atoms with Gasteiger partial charge in [0.15, 0.2) is 0 Å². The fourth-order valence-electron chi connectivity index (χ4n) is 4.96. The Labute approximate surface area is 222 Å². The zero-order valence-electron chi connectivity index (χ0n) is 21.5. The van der Waals surface area contributed by atoms with Crippen molar-refractivity contribution in [1.29, 1.82) is 0 Å². The Morgan fingerprint density at radius 1 is 0.921 bits per heavy atom. The van der Waals surface area contributed by atoms with Crippen molar-refractivity contribution in [2.45, 2.75) is 19.6 Å². The first-order chi connectivity index (χ1) is 18.5. The molecule has 1 amide bonds. The molecule has 0 bridgehead atoms. The van der Waals surface area contributed by atoms with Gasteiger partial charge in [-0.1, -0.05) is 54.6 Å². The van der Waals surface area contributed by atoms with Crippen LogP contribution in [0.5, 0.6) is 5.75 Å². The summed E-state index contributed by atoms with van der Waals surface area (Å²) in [6.07, 6.45) is 0. The zero-order chi connectivity index (χ0) is 26.5. The fourth-order valence-corrected chi connectivity index (χ4v) is 4.96. The van der Waals surface area contributed by atoms with Crippen LogP contribution in [0.4, 0.5) is 0 Å². The molecule has 1 atom stereocenters. The van der Waals surface area contributed by atoms with Crippen LogP contribution in [0.15, 0.2) is 84.4 Å². The van der Waals surface area contributed by atoms with E-state index in [1.807, 2.05) is 61.5 Å². The highest BCUT2D eigenvalue weighted by molar-refractivity contribution is 6.46. The van der Waals surface area contributed by atoms with E-state index in [1.54, 1.807) is 29.2 Å². The highest BCUT2D eigenvalue weighted by Crippen LogP contribution is 2.39. The van der Waals surface area contributed by atoms with Crippen molar-refractivity contribution in [1.82, 2.24) is 9.80 Å². The molecule has 0 radical (unpaired) electrons. The molecule has 2 fully saturated rings. The van der Waals surface area contributed by atoms with Crippen LogP contribution in [-0.4, -0.2) is 66.0 Å². The predicted molar refractivity (Wildman–Crippen MR) is 145 cm³/mol. The van der Waals surface area contributed by atoms with Crippen molar-refractivity contribution in [2.24, 2.45) is 0 Å². The fraction of sp³-hybridized carbons (Fsp3) is 0.290. The van der Waals surface area contributed by atoms with Gasteiger partial charge in [0.25, 0.3) is 11.7 Å². The van der Waals surface area contributed by atoms with Gasteiger partial charge in [0.2, 0.25) is 0 Å². The largest absolute Gasteiger partial charge is 0.507 e. The van der Waals surface area contributed by atoms with Crippen LogP contribution in [0, 0.1) is 6.92 Å². The number of likely N-dealkylation sites (tertiary alicyclic amines) is 1. The number of rotatable bonds is 8. The van der Waals surface area contributed by atoms with E-state index in [-0.39, 0.29) is 11.3 Å². The number of hydrogen-bond acceptors (Lipinski definition) is 6. The van der Waals surface area contributed by atoms with Crippen LogP contribution in [0.2, 0.25) is 0 Å². The van der Waals surface area contributed by atoms with Gasteiger partial charge < -0.3 is 19.5 Å². The third kappa shape index (κ3) is 5.49. The molecule has 38 heavy (non-hydrogen) atoms. The second-order valence-corrected chi connectivity index (χ2v) is 9.60. The summed E-state index contributed by atoms with van der Waals surface area (Å²) in [6, 6.07) is 23.7. The number of aryl methyl sites for hydroxylation is 1. The van der Waals surface area contributed by atoms with Crippen molar-refractivity contribution < 1.29 is 24.2 Å². The smallest absolute Gasteiger partial charge is 0.295 e. The summed E-state index contributed by atoms with van der Waals surface area (Å²) >= 11 is 0. The van der Waals surface area contributed by atoms with Crippen molar-refractivity contribution in [3.63, 3.8) is 0 Å². The van der Waals surface area contributed by atoms with Crippen molar-refractivity contribution in [2.75, 3.05) is 39.4 Å². The normalized spacial score (nSPS) is 19.6. The van der Waals surface area contributed by atoms with E-state index in [2.05, 4.69) is 4.90 Å². The quantitative estimate of drug-likeness (QED) is 0.275. The molecule has 2 heterocycles. The van der Waals surface area contributed by atoms with Crippen molar-refractivity contribution in [3.05, 3.63) is 107 Å². The van der Waals surface area contributed by atoms with Gasteiger partial charge in [-0.15, -0.1) is 0 Å². The number of morpholine rings is 1. The van der Waals surface area contributed by atoms with Gasteiger partial charge in [-0.2, -0.15) is 0 Å². The number of aliphatic hydroxyl groups excluding tert-OH is 1. The zero-order valence-corrected chi connectivity index (χ0v) is 21.5. The monoisotopic (exact) mass is 512 g/mol. The molecule has 2 aliphatic heterocycles. The Bertz CT molecular complexity index is 1310. The maximum Gasteiger partial charge on any atom is 0.295 e. The first-order valence-corrected chi connectivity index (χ1v) is 12.9. The standard InChI is InChI=1S/C31H32N2O5/c1-22-7-5-6-10-25(22)21-38-26-13-11-24(12-14-26)29(34)27-28(23-8-3-2-4-9-23)33(31(36)30(27)35)16-15-32-17-19-37-20-18-32/h2-14,28,34H,15-21H2,1H3. The van der Waals surface area contributed by atoms with Gasteiger partial charge in [0, 0.05) is 31.7 Å². The Balaban J connectivity index is 1.40. The van der Waals surface area contributed by atoms with Gasteiger partial charge in [-0.3, -0.25) is 14.5 Å². The molecule has 2 aliphatic rings. The molecule has 0 aromatic heterocycles. The molecular formula is C31H32N2O5. The third-order valence-corrected chi connectivity index (χ3v) is 7.20. The minimum Gasteiger partial charge on any atom is -0.507 e. The van der Waals surface area contributed by atoms with Crippen LogP contribution in [-0.2, 0) is 20.9 Å². The molecule has 2 saturated heterocycles. The number of carbonyl (C=O) groups excluding carboxylic acids is 2. The summed E-state index contributed by atoms with van der Waals surface area (Å²) in [7, 11) is 0. The molecule has 3 aromatic rings. The first kappa shape index (κ1) is 25.7. The topological polar surface area (TPSA) is 79.3 Å². The number of Topliss-reactive ketones (excluding diaryl/α,β-unsaturated/α-hetero) is 1. The van der Waals surface area contributed by atoms with Crippen LogP contribution < -0.4 is 4.74 Å². The van der Waals surface area contributed by atoms with Gasteiger partial charge in [0.05, 0.1) is 24.8 Å². The van der Waals surface area contributed by atoms with E-state index in [1.165, 1.54) is 0 Å². The van der Waals surface area contributed by atoms with E-state index in [4.69, 9.17) is 9.47 Å². The maximum absolute atomic E-state index is 13.3. The molecule has 0 aliphatic carbocycles. The minimum absolute atomic E-state index is 0.108. The average Bonchev–Trinajstić information content (AvgIpc) is 3.21. The third-order valence-electron chi connectivity index (χ3n) is 7.20. The van der Waals surface area contributed by atoms with Crippen molar-refractivity contribution in [3.8, 4) is 5.75 Å². The summed E-state index contributed by atoms with van der Waals surface area (Å²) in [5.74, 6) is -0.794. The van der Waals surface area contributed by atoms with E-state index in [9.17, 15) is 14.7 Å². The van der Waals surface area contributed by atoms with E-state index in [0.29, 0.717) is 44.2 Å². The molecular weight excluding hydrogens is 480 g/mol. The number of aliphatic hydroxyl groups is 1. The lowest BCUT2D eigenvalue weighted by atomic mass is 9.95. The minimum atomic E-state index is -0.668. The summed E-state index contributed by atoms with van der Waals surface area (Å²) in [5.41, 5.74) is 3.60. The molecule has 1 unspecified atom stereocenters. The average molecular weight is 513 g/mol. The maximum atomic E-state index is 13.3. The summed E-state index contributed by atoms with van der Waals surface area (Å²) in [5, 5.41) is 11.3. The van der Waals surface area contributed by atoms with Crippen LogP contribution >= 0.6 is 0 Å². The number of nitrogens with zero attached hydrogens (tertiary/aromatic N) is 2. The molecule has 1 N–H and O–H groups in total. The lowest BCUT2D eigenvalue weighted by molar-refractivity contribution is -0.140. The van der Waals surface area contributed by atoms with Crippen LogP contribution in [0.1, 0.15) is 28.3 Å². The first-order valence-electron chi connectivity index (χ1n) is 12.9. The molecule has 3 aromatic carbocycles. The summed E-state index contributed by atoms with van der Waals surface area (Å²) in [6.45, 7) is 6.38. The number of ether oxygens (including phenoxy) is 2. The Hall–Kier alpha value is -3.94. The summed E-state index contributed by atoms with van der Waals surface area (Å²) in [4.78, 5) is 30.2. The second kappa shape index (κ2) is 11.6. The Morgan fingerprint density at radius 2 is 1.61 bits per heavy atom. The number of hydrogen-bond donors (Lipinski definition) is 1. The number of amides is 1. The SMILES string of the molecule is Cc1ccccc1COc1ccc(C(O)=C2C(=O)C(=O)N(CCN3CCOCC3)C2c2ccccc2)cc1. The molecule has 5 rings (SSSR count). The predicted octanol–water partition coefficient (Wildman–Crippen LogP) is 4.33. The highest BCUT2D eigenvalue weighted by atomic mass is 16.5. The number of carbonyl (C=O) groups is 2. The lowest BCUT2D eigenvalue weighted by Crippen LogP contribution is -2.42. The molecule has 0 spiro atoms. The van der Waals surface area contributed by atoms with Gasteiger partial charge >= 0.3 is 0 Å². The highest BCUT2D eigenvalue weighted by Gasteiger charge is 2.46. The van der Waals surface area contributed by atoms with Gasteiger partial charge in [-0.25, -0.2) is 0 Å². The van der Waals surface area contributed by atoms with E-state index >= 15 is 0 Å². The molecule has 7 nitrogen and oxygen atoms in total. The lowest BCUT2D eigenvalue weighted by Gasteiger charge is -2.31. The van der Waals surface area contributed by atoms with E-state index in [0.717, 1.165) is 29.8 Å². The number of ketones is 1. The molecule has 7 heteroatoms. The van der Waals surface area contributed by atoms with Crippen molar-refractivity contribution >= 4 is 17.4 Å². The van der Waals surface area contributed by atoms with Gasteiger partial charge in [0.1, 0.15) is 18.1 Å². The van der Waals surface area contributed by atoms with Crippen LogP contribution in [0.25, 0.3) is 5.76 Å². The second-order valence-electron chi connectivity index (χ2n) is 9.60. The van der Waals surface area contributed by atoms with E-state index < -0.39 is 17.7 Å². The van der Waals surface area contributed by atoms with Gasteiger partial charge in [-0.05, 0) is 47.9 Å². The summed E-state index contributed by atoms with van der Waals surface area (Å²) < 4.78 is 11.4. The number of benzene rings is 3. The molecule has 0 saturated carbocycles. The van der Waals surface area contributed by atoms with Crippen LogP contribution in [0.3, 0.4) is 0 Å². The Kier molecular flexibility index (Phi) is 7.86. The molecule has 196 valence electrons.